The Bertz CT molecular complexity index is 469. The Labute approximate surface area is 106 Å². The van der Waals surface area contributed by atoms with Gasteiger partial charge in [-0.25, -0.2) is 0 Å². The molecule has 18 heavy (non-hydrogen) atoms. The zero-order chi connectivity index (χ0) is 13.7. The fraction of sp³-hybridized carbons (Fsp3) is 0.385. The normalized spacial score (nSPS) is 13.2. The second-order valence-electron chi connectivity index (χ2n) is 4.30. The molecular weight excluding hydrogens is 232 g/mol. The van der Waals surface area contributed by atoms with Crippen molar-refractivity contribution < 1.29 is 14.7 Å². The van der Waals surface area contributed by atoms with E-state index in [0.29, 0.717) is 17.0 Å². The largest absolute Gasteiger partial charge is 0.492 e. The first-order chi connectivity index (χ1) is 8.45. The lowest BCUT2D eigenvalue weighted by Gasteiger charge is -2.14. The van der Waals surface area contributed by atoms with Crippen LogP contribution >= 0.6 is 0 Å². The van der Waals surface area contributed by atoms with Crippen molar-refractivity contribution in [2.24, 2.45) is 16.8 Å². The zero-order valence-electron chi connectivity index (χ0n) is 10.8. The van der Waals surface area contributed by atoms with Crippen LogP contribution in [0.4, 0.5) is 0 Å². The molecule has 1 aromatic carbocycles. The molecular formula is C13H18N2O3. The van der Waals surface area contributed by atoms with Crippen molar-refractivity contribution in [3.63, 3.8) is 0 Å². The van der Waals surface area contributed by atoms with Crippen molar-refractivity contribution in [3.8, 4) is 5.75 Å². The fourth-order valence-corrected chi connectivity index (χ4v) is 1.40. The number of nitrogens with two attached hydrogens (primary N) is 1. The van der Waals surface area contributed by atoms with E-state index >= 15 is 0 Å². The first kappa shape index (κ1) is 14.0. The average Bonchev–Trinajstić information content (AvgIpc) is 2.34. The summed E-state index contributed by atoms with van der Waals surface area (Å²) in [5, 5.41) is 12.0. The van der Waals surface area contributed by atoms with Gasteiger partial charge in [0.05, 0.1) is 18.2 Å². The van der Waals surface area contributed by atoms with Gasteiger partial charge in [0.15, 0.2) is 0 Å². The van der Waals surface area contributed by atoms with Crippen molar-refractivity contribution in [3.05, 3.63) is 29.3 Å². The fourth-order valence-electron chi connectivity index (χ4n) is 1.40. The van der Waals surface area contributed by atoms with E-state index in [-0.39, 0.29) is 12.5 Å². The molecule has 0 bridgehead atoms. The van der Waals surface area contributed by atoms with Crippen LogP contribution in [0.3, 0.4) is 0 Å². The maximum atomic E-state index is 10.9. The zero-order valence-corrected chi connectivity index (χ0v) is 10.8. The van der Waals surface area contributed by atoms with Crippen LogP contribution in [0.5, 0.6) is 5.75 Å². The molecule has 0 spiro atoms. The summed E-state index contributed by atoms with van der Waals surface area (Å²) in [6, 6.07) is 5.54. The number of oxime groups is 1. The molecule has 5 heteroatoms. The minimum absolute atomic E-state index is 0.199. The van der Waals surface area contributed by atoms with E-state index in [1.165, 1.54) is 0 Å². The summed E-state index contributed by atoms with van der Waals surface area (Å²) >= 11 is 0. The van der Waals surface area contributed by atoms with Crippen LogP contribution in [-0.4, -0.2) is 23.4 Å². The van der Waals surface area contributed by atoms with Gasteiger partial charge in [-0.2, -0.15) is 0 Å². The molecule has 0 heterocycles. The topological polar surface area (TPSA) is 84.9 Å². The lowest BCUT2D eigenvalue weighted by molar-refractivity contribution is -0.122. The smallest absolute Gasteiger partial charge is 0.223 e. The second-order valence-corrected chi connectivity index (χ2v) is 4.30. The molecule has 0 aromatic heterocycles. The Morgan fingerprint density at radius 1 is 1.56 bits per heavy atom. The van der Waals surface area contributed by atoms with Gasteiger partial charge in [0, 0.05) is 5.56 Å². The minimum atomic E-state index is -0.406. The summed E-state index contributed by atoms with van der Waals surface area (Å²) in [5.74, 6) is -0.195. The molecule has 1 amide bonds. The van der Waals surface area contributed by atoms with Crippen LogP contribution in [0.15, 0.2) is 23.4 Å². The van der Waals surface area contributed by atoms with Crippen molar-refractivity contribution in [1.29, 1.82) is 0 Å². The molecule has 1 aromatic rings. The quantitative estimate of drug-likeness (QED) is 0.474. The van der Waals surface area contributed by atoms with Crippen LogP contribution in [0.1, 0.15) is 25.0 Å². The van der Waals surface area contributed by atoms with Crippen LogP contribution in [0, 0.1) is 12.8 Å². The van der Waals surface area contributed by atoms with Gasteiger partial charge < -0.3 is 15.7 Å². The van der Waals surface area contributed by atoms with E-state index in [9.17, 15) is 4.79 Å². The monoisotopic (exact) mass is 250 g/mol. The molecule has 0 aliphatic carbocycles. The van der Waals surface area contributed by atoms with E-state index in [4.69, 9.17) is 15.7 Å². The number of rotatable bonds is 5. The SMILES string of the molecule is C/C(=N\O)c1ccc(C)cc1OCC(C)C(N)=O. The highest BCUT2D eigenvalue weighted by molar-refractivity contribution is 6.00. The number of carbonyl (C=O) groups is 1. The summed E-state index contributed by atoms with van der Waals surface area (Å²) in [4.78, 5) is 10.9. The Balaban J connectivity index is 2.93. The maximum absolute atomic E-state index is 10.9. The van der Waals surface area contributed by atoms with Gasteiger partial charge in [-0.05, 0) is 31.5 Å². The summed E-state index contributed by atoms with van der Waals surface area (Å²) < 4.78 is 5.57. The van der Waals surface area contributed by atoms with Crippen molar-refractivity contribution in [2.75, 3.05) is 6.61 Å². The number of hydrogen-bond donors (Lipinski definition) is 2. The van der Waals surface area contributed by atoms with Gasteiger partial charge in [0.1, 0.15) is 5.75 Å². The number of aryl methyl sites for hydroxylation is 1. The molecule has 0 aliphatic heterocycles. The predicted octanol–water partition coefficient (Wildman–Crippen LogP) is 1.69. The number of nitrogens with zero attached hydrogens (tertiary/aromatic N) is 1. The van der Waals surface area contributed by atoms with Gasteiger partial charge in [-0.3, -0.25) is 4.79 Å². The first-order valence-corrected chi connectivity index (χ1v) is 5.67. The highest BCUT2D eigenvalue weighted by atomic mass is 16.5. The van der Waals surface area contributed by atoms with Gasteiger partial charge in [0.2, 0.25) is 5.91 Å². The minimum Gasteiger partial charge on any atom is -0.492 e. The Kier molecular flexibility index (Phi) is 4.71. The number of ether oxygens (including phenoxy) is 1. The lowest BCUT2D eigenvalue weighted by Crippen LogP contribution is -2.26. The number of carbonyl (C=O) groups excluding carboxylic acids is 1. The Morgan fingerprint density at radius 2 is 2.22 bits per heavy atom. The van der Waals surface area contributed by atoms with E-state index in [2.05, 4.69) is 5.16 Å². The number of amides is 1. The van der Waals surface area contributed by atoms with Crippen molar-refractivity contribution in [1.82, 2.24) is 0 Å². The Hall–Kier alpha value is -2.04. The number of benzene rings is 1. The van der Waals surface area contributed by atoms with Crippen LogP contribution in [-0.2, 0) is 4.79 Å². The molecule has 98 valence electrons. The molecule has 1 rings (SSSR count). The van der Waals surface area contributed by atoms with Crippen molar-refractivity contribution in [2.45, 2.75) is 20.8 Å². The summed E-state index contributed by atoms with van der Waals surface area (Å²) in [5.41, 5.74) is 7.34. The lowest BCUT2D eigenvalue weighted by atomic mass is 10.1. The van der Waals surface area contributed by atoms with Gasteiger partial charge in [-0.15, -0.1) is 0 Å². The van der Waals surface area contributed by atoms with Crippen LogP contribution in [0.25, 0.3) is 0 Å². The molecule has 0 saturated heterocycles. The standard InChI is InChI=1S/C13H18N2O3/c1-8-4-5-11(10(3)15-17)12(6-8)18-7-9(2)13(14)16/h4-6,9,17H,7H2,1-3H3,(H2,14,16)/b15-10+. The molecule has 1 unspecified atom stereocenters. The molecule has 0 aliphatic rings. The third-order valence-electron chi connectivity index (χ3n) is 2.65. The van der Waals surface area contributed by atoms with Gasteiger partial charge in [0.25, 0.3) is 0 Å². The predicted molar refractivity (Wildman–Crippen MR) is 69.0 cm³/mol. The average molecular weight is 250 g/mol. The van der Waals surface area contributed by atoms with E-state index in [1.54, 1.807) is 13.8 Å². The number of primary amides is 1. The Morgan fingerprint density at radius 3 is 2.78 bits per heavy atom. The molecule has 0 radical (unpaired) electrons. The summed E-state index contributed by atoms with van der Waals surface area (Å²) in [6.07, 6.45) is 0. The third kappa shape index (κ3) is 3.48. The first-order valence-electron chi connectivity index (χ1n) is 5.67. The summed E-state index contributed by atoms with van der Waals surface area (Å²) in [6.45, 7) is 5.50. The van der Waals surface area contributed by atoms with E-state index in [1.807, 2.05) is 25.1 Å². The van der Waals surface area contributed by atoms with Crippen LogP contribution < -0.4 is 10.5 Å². The van der Waals surface area contributed by atoms with Crippen molar-refractivity contribution >= 4 is 11.6 Å². The molecule has 1 atom stereocenters. The maximum Gasteiger partial charge on any atom is 0.223 e. The number of hydrogen-bond acceptors (Lipinski definition) is 4. The second kappa shape index (κ2) is 6.05. The van der Waals surface area contributed by atoms with E-state index < -0.39 is 5.91 Å². The molecule has 3 N–H and O–H groups in total. The summed E-state index contributed by atoms with van der Waals surface area (Å²) in [7, 11) is 0. The van der Waals surface area contributed by atoms with Gasteiger partial charge >= 0.3 is 0 Å². The molecule has 0 fully saturated rings. The highest BCUT2D eigenvalue weighted by Gasteiger charge is 2.12. The molecule has 5 nitrogen and oxygen atoms in total. The van der Waals surface area contributed by atoms with E-state index in [0.717, 1.165) is 5.56 Å². The van der Waals surface area contributed by atoms with Gasteiger partial charge in [-0.1, -0.05) is 18.1 Å². The highest BCUT2D eigenvalue weighted by Crippen LogP contribution is 2.21. The molecule has 0 saturated carbocycles. The van der Waals surface area contributed by atoms with Crippen LogP contribution in [0.2, 0.25) is 0 Å². The third-order valence-corrected chi connectivity index (χ3v) is 2.65.